The van der Waals surface area contributed by atoms with Gasteiger partial charge in [0.15, 0.2) is 16.7 Å². The molecule has 2 N–H and O–H groups in total. The van der Waals surface area contributed by atoms with E-state index in [1.807, 2.05) is 18.7 Å². The van der Waals surface area contributed by atoms with E-state index in [1.54, 1.807) is 14.0 Å². The molecule has 1 saturated heterocycles. The Labute approximate surface area is 192 Å². The molecule has 0 saturated carbocycles. The molecule has 2 atom stereocenters. The molecule has 3 heterocycles. The van der Waals surface area contributed by atoms with Gasteiger partial charge in [-0.15, -0.1) is 0 Å². The SMILES string of the molecule is CCCCOC(=O)c1nc(N2CC[C@@H](NC(=O)c3nc(Cl)c(CC)[nH]3)[C@@H](OC)C2)oc1C. The van der Waals surface area contributed by atoms with Crippen molar-refractivity contribution < 1.29 is 23.5 Å². The maximum atomic E-state index is 12.6. The molecular formula is C21H30ClN5O5. The van der Waals surface area contributed by atoms with Gasteiger partial charge in [-0.3, -0.25) is 4.79 Å². The third-order valence-corrected chi connectivity index (χ3v) is 5.77. The number of halogens is 1. The smallest absolute Gasteiger partial charge is 0.360 e. The lowest BCUT2D eigenvalue weighted by molar-refractivity contribution is 0.0490. The monoisotopic (exact) mass is 467 g/mol. The number of methoxy groups -OCH3 is 1. The molecule has 1 amide bonds. The number of carbonyl (C=O) groups excluding carboxylic acids is 2. The van der Waals surface area contributed by atoms with E-state index in [4.69, 9.17) is 25.5 Å². The molecule has 0 aliphatic carbocycles. The predicted molar refractivity (Wildman–Crippen MR) is 118 cm³/mol. The number of anilines is 1. The van der Waals surface area contributed by atoms with Crippen LogP contribution in [0.3, 0.4) is 0 Å². The van der Waals surface area contributed by atoms with E-state index in [9.17, 15) is 9.59 Å². The van der Waals surface area contributed by atoms with Gasteiger partial charge in [0.2, 0.25) is 0 Å². The van der Waals surface area contributed by atoms with E-state index in [0.29, 0.717) is 49.5 Å². The number of nitrogens with zero attached hydrogens (tertiary/aromatic N) is 3. The molecule has 1 fully saturated rings. The Balaban J connectivity index is 1.63. The van der Waals surface area contributed by atoms with E-state index in [1.165, 1.54) is 0 Å². The molecule has 11 heteroatoms. The molecule has 0 aromatic carbocycles. The van der Waals surface area contributed by atoms with Crippen LogP contribution >= 0.6 is 11.6 Å². The summed E-state index contributed by atoms with van der Waals surface area (Å²) in [6.07, 6.45) is 2.68. The van der Waals surface area contributed by atoms with Gasteiger partial charge in [-0.2, -0.15) is 4.98 Å². The number of piperidine rings is 1. The predicted octanol–water partition coefficient (Wildman–Crippen LogP) is 2.90. The third kappa shape index (κ3) is 5.42. The normalized spacial score (nSPS) is 18.6. The lowest BCUT2D eigenvalue weighted by Crippen LogP contribution is -2.55. The van der Waals surface area contributed by atoms with E-state index >= 15 is 0 Å². The number of nitrogens with one attached hydrogen (secondary N) is 2. The lowest BCUT2D eigenvalue weighted by Gasteiger charge is -2.37. The van der Waals surface area contributed by atoms with Crippen molar-refractivity contribution in [1.29, 1.82) is 0 Å². The second kappa shape index (κ2) is 10.8. The first-order valence-electron chi connectivity index (χ1n) is 10.8. The molecule has 3 rings (SSSR count). The Hall–Kier alpha value is -2.59. The summed E-state index contributed by atoms with van der Waals surface area (Å²) < 4.78 is 16.6. The van der Waals surface area contributed by atoms with Gasteiger partial charge in [0.05, 0.1) is 31.0 Å². The number of ether oxygens (including phenoxy) is 2. The summed E-state index contributed by atoms with van der Waals surface area (Å²) >= 11 is 6.04. The fourth-order valence-corrected chi connectivity index (χ4v) is 3.81. The zero-order valence-electron chi connectivity index (χ0n) is 18.9. The van der Waals surface area contributed by atoms with Crippen LogP contribution in [0, 0.1) is 6.92 Å². The number of H-pyrrole nitrogens is 1. The van der Waals surface area contributed by atoms with Crippen molar-refractivity contribution in [3.05, 3.63) is 28.1 Å². The Kier molecular flexibility index (Phi) is 8.14. The Morgan fingerprint density at radius 2 is 2.12 bits per heavy atom. The molecule has 1 aliphatic heterocycles. The number of aromatic amines is 1. The second-order valence-electron chi connectivity index (χ2n) is 7.69. The van der Waals surface area contributed by atoms with E-state index in [0.717, 1.165) is 18.5 Å². The van der Waals surface area contributed by atoms with Crippen molar-refractivity contribution in [3.63, 3.8) is 0 Å². The van der Waals surface area contributed by atoms with Crippen molar-refractivity contribution >= 4 is 29.5 Å². The van der Waals surface area contributed by atoms with Gasteiger partial charge >= 0.3 is 5.97 Å². The average Bonchev–Trinajstić information content (AvgIpc) is 3.36. The van der Waals surface area contributed by atoms with Crippen molar-refractivity contribution in [3.8, 4) is 0 Å². The maximum absolute atomic E-state index is 12.6. The molecule has 176 valence electrons. The molecule has 0 bridgehead atoms. The summed E-state index contributed by atoms with van der Waals surface area (Å²) in [7, 11) is 1.59. The number of hydrogen-bond acceptors (Lipinski definition) is 8. The van der Waals surface area contributed by atoms with E-state index in [2.05, 4.69) is 20.3 Å². The summed E-state index contributed by atoms with van der Waals surface area (Å²) in [5, 5.41) is 3.27. The van der Waals surface area contributed by atoms with Crippen molar-refractivity contribution in [2.45, 2.75) is 58.6 Å². The minimum absolute atomic E-state index is 0.179. The van der Waals surface area contributed by atoms with Crippen molar-refractivity contribution in [1.82, 2.24) is 20.3 Å². The zero-order chi connectivity index (χ0) is 23.3. The number of esters is 1. The van der Waals surface area contributed by atoms with Crippen LogP contribution in [0.25, 0.3) is 0 Å². The van der Waals surface area contributed by atoms with Crippen LogP contribution in [0.15, 0.2) is 4.42 Å². The molecule has 32 heavy (non-hydrogen) atoms. The number of hydrogen-bond donors (Lipinski definition) is 2. The summed E-state index contributed by atoms with van der Waals surface area (Å²) in [4.78, 5) is 38.2. The highest BCUT2D eigenvalue weighted by molar-refractivity contribution is 6.30. The molecule has 0 unspecified atom stereocenters. The van der Waals surface area contributed by atoms with Gasteiger partial charge in [0.25, 0.3) is 11.9 Å². The number of carbonyl (C=O) groups is 2. The van der Waals surface area contributed by atoms with Crippen molar-refractivity contribution in [2.24, 2.45) is 0 Å². The first-order valence-corrected chi connectivity index (χ1v) is 11.2. The highest BCUT2D eigenvalue weighted by atomic mass is 35.5. The molecule has 0 spiro atoms. The number of rotatable bonds is 9. The topological polar surface area (TPSA) is 123 Å². The van der Waals surface area contributed by atoms with Gasteiger partial charge < -0.3 is 29.1 Å². The summed E-state index contributed by atoms with van der Waals surface area (Å²) in [5.41, 5.74) is 0.903. The lowest BCUT2D eigenvalue weighted by atomic mass is 10.0. The first-order chi connectivity index (χ1) is 15.4. The summed E-state index contributed by atoms with van der Waals surface area (Å²) in [5.74, 6) is -0.234. The van der Waals surface area contributed by atoms with Crippen LogP contribution < -0.4 is 10.2 Å². The van der Waals surface area contributed by atoms with Crippen LogP contribution in [-0.4, -0.2) is 65.8 Å². The van der Waals surface area contributed by atoms with Crippen LogP contribution in [0.2, 0.25) is 5.15 Å². The fourth-order valence-electron chi connectivity index (χ4n) is 3.55. The minimum Gasteiger partial charge on any atom is -0.461 e. The Morgan fingerprint density at radius 3 is 2.78 bits per heavy atom. The number of aryl methyl sites for hydroxylation is 2. The maximum Gasteiger partial charge on any atom is 0.360 e. The van der Waals surface area contributed by atoms with Gasteiger partial charge in [-0.05, 0) is 26.2 Å². The summed E-state index contributed by atoms with van der Waals surface area (Å²) in [6.45, 7) is 7.00. The van der Waals surface area contributed by atoms with Crippen LogP contribution in [0.1, 0.15) is 65.7 Å². The largest absolute Gasteiger partial charge is 0.461 e. The van der Waals surface area contributed by atoms with Gasteiger partial charge in [-0.25, -0.2) is 9.78 Å². The second-order valence-corrected chi connectivity index (χ2v) is 8.05. The number of amides is 1. The quantitative estimate of drug-likeness (QED) is 0.426. The minimum atomic E-state index is -0.486. The summed E-state index contributed by atoms with van der Waals surface area (Å²) in [6, 6.07) is 0.106. The van der Waals surface area contributed by atoms with Crippen LogP contribution in [0.4, 0.5) is 6.01 Å². The third-order valence-electron chi connectivity index (χ3n) is 5.46. The Bertz CT molecular complexity index is 943. The first kappa shape index (κ1) is 24.1. The van der Waals surface area contributed by atoms with E-state index in [-0.39, 0.29) is 29.6 Å². The number of aromatic nitrogens is 3. The van der Waals surface area contributed by atoms with Crippen molar-refractivity contribution in [2.75, 3.05) is 31.7 Å². The highest BCUT2D eigenvalue weighted by Gasteiger charge is 2.34. The van der Waals surface area contributed by atoms with Gasteiger partial charge in [0.1, 0.15) is 5.76 Å². The van der Waals surface area contributed by atoms with Gasteiger partial charge in [-0.1, -0.05) is 31.9 Å². The highest BCUT2D eigenvalue weighted by Crippen LogP contribution is 2.24. The molecular weight excluding hydrogens is 438 g/mol. The number of oxazole rings is 1. The van der Waals surface area contributed by atoms with Crippen LogP contribution in [-0.2, 0) is 15.9 Å². The number of unbranched alkanes of at least 4 members (excludes halogenated alkanes) is 1. The molecule has 1 aliphatic rings. The van der Waals surface area contributed by atoms with Crippen LogP contribution in [0.5, 0.6) is 0 Å². The fraction of sp³-hybridized carbons (Fsp3) is 0.619. The molecule has 2 aromatic rings. The van der Waals surface area contributed by atoms with Gasteiger partial charge in [0, 0.05) is 13.7 Å². The zero-order valence-corrected chi connectivity index (χ0v) is 19.6. The Morgan fingerprint density at radius 1 is 1.34 bits per heavy atom. The van der Waals surface area contributed by atoms with E-state index < -0.39 is 5.97 Å². The number of imidazole rings is 1. The molecule has 10 nitrogen and oxygen atoms in total. The molecule has 0 radical (unpaired) electrons. The standard InChI is InChI=1S/C21H30ClN5O5/c1-5-7-10-31-20(29)16-12(3)32-21(25-16)27-9-8-14(15(11-27)30-4)24-19(28)18-23-13(6-2)17(22)26-18/h14-15H,5-11H2,1-4H3,(H,23,26)(H,24,28)/t14-,15+/m1/s1. The average molecular weight is 468 g/mol. The molecule has 2 aromatic heterocycles.